The van der Waals surface area contributed by atoms with Crippen LogP contribution >= 0.6 is 0 Å². The Morgan fingerprint density at radius 3 is 2.14 bits per heavy atom. The van der Waals surface area contributed by atoms with Gasteiger partial charge in [0.05, 0.1) is 5.92 Å². The van der Waals surface area contributed by atoms with Crippen molar-refractivity contribution in [2.24, 2.45) is 5.92 Å². The third-order valence-electron chi connectivity index (χ3n) is 3.20. The van der Waals surface area contributed by atoms with Crippen LogP contribution in [0.3, 0.4) is 0 Å². The molecule has 1 N–H and O–H groups in total. The minimum absolute atomic E-state index is 0.216. The Hall–Kier alpha value is -0.290. The first-order chi connectivity index (χ1) is 6.57. The molecule has 2 rings (SSSR count). The van der Waals surface area contributed by atoms with Crippen molar-refractivity contribution in [1.29, 1.82) is 0 Å². The van der Waals surface area contributed by atoms with Crippen molar-refractivity contribution in [1.82, 2.24) is 10.2 Å². The van der Waals surface area contributed by atoms with E-state index in [2.05, 4.69) is 5.32 Å². The number of hydrogen-bond donors (Lipinski definition) is 1. The number of rotatable bonds is 1. The highest BCUT2D eigenvalue weighted by molar-refractivity contribution is 4.90. The van der Waals surface area contributed by atoms with Gasteiger partial charge in [-0.3, -0.25) is 4.90 Å². The quantitative estimate of drug-likeness (QED) is 0.697. The number of nitrogens with zero attached hydrogens (tertiary/aromatic N) is 1. The van der Waals surface area contributed by atoms with Crippen LogP contribution in [-0.4, -0.2) is 43.3 Å². The van der Waals surface area contributed by atoms with Gasteiger partial charge >= 0.3 is 6.18 Å². The highest BCUT2D eigenvalue weighted by Crippen LogP contribution is 2.35. The lowest BCUT2D eigenvalue weighted by Crippen LogP contribution is -2.58. The second kappa shape index (κ2) is 3.70. The maximum atomic E-state index is 12.2. The first-order valence-electron chi connectivity index (χ1n) is 5.09. The molecule has 2 heterocycles. The molecule has 2 aliphatic heterocycles. The zero-order chi connectivity index (χ0) is 10.2. The van der Waals surface area contributed by atoms with Crippen LogP contribution in [-0.2, 0) is 0 Å². The van der Waals surface area contributed by atoms with E-state index in [1.807, 2.05) is 4.90 Å². The number of halogens is 3. The normalized spacial score (nSPS) is 27.6. The van der Waals surface area contributed by atoms with Crippen molar-refractivity contribution in [3.8, 4) is 0 Å². The molecule has 2 nitrogen and oxygen atoms in total. The van der Waals surface area contributed by atoms with Gasteiger partial charge in [-0.1, -0.05) is 0 Å². The molecule has 2 fully saturated rings. The molecular weight excluding hydrogens is 193 g/mol. The van der Waals surface area contributed by atoms with E-state index in [0.29, 0.717) is 6.04 Å². The number of nitrogens with one attached hydrogen (secondary N) is 1. The average Bonchev–Trinajstić information content (AvgIpc) is 2.00. The lowest BCUT2D eigenvalue weighted by atomic mass is 9.93. The number of hydrogen-bond acceptors (Lipinski definition) is 2. The Balaban J connectivity index is 1.76. The summed E-state index contributed by atoms with van der Waals surface area (Å²) in [5, 5.41) is 3.21. The maximum absolute atomic E-state index is 12.2. The van der Waals surface area contributed by atoms with Crippen LogP contribution in [0.4, 0.5) is 13.2 Å². The molecule has 0 spiro atoms. The zero-order valence-corrected chi connectivity index (χ0v) is 7.98. The smallest absolute Gasteiger partial charge is 0.317 e. The van der Waals surface area contributed by atoms with Crippen LogP contribution in [0.15, 0.2) is 0 Å². The molecule has 0 radical (unpaired) electrons. The molecule has 82 valence electrons. The summed E-state index contributed by atoms with van der Waals surface area (Å²) in [6.07, 6.45) is -2.00. The Kier molecular flexibility index (Phi) is 2.70. The topological polar surface area (TPSA) is 15.3 Å². The maximum Gasteiger partial charge on any atom is 0.394 e. The van der Waals surface area contributed by atoms with Gasteiger partial charge < -0.3 is 5.32 Å². The summed E-state index contributed by atoms with van der Waals surface area (Å²) in [7, 11) is 0. The van der Waals surface area contributed by atoms with Gasteiger partial charge in [-0.05, 0) is 25.9 Å². The highest BCUT2D eigenvalue weighted by Gasteiger charge is 2.48. The minimum atomic E-state index is -3.98. The molecule has 14 heavy (non-hydrogen) atoms. The first-order valence-corrected chi connectivity index (χ1v) is 5.09. The molecule has 2 saturated heterocycles. The van der Waals surface area contributed by atoms with E-state index in [1.54, 1.807) is 0 Å². The third kappa shape index (κ3) is 2.03. The van der Waals surface area contributed by atoms with Crippen LogP contribution in [0.25, 0.3) is 0 Å². The molecule has 0 aromatic rings. The van der Waals surface area contributed by atoms with Crippen LogP contribution in [0, 0.1) is 5.92 Å². The lowest BCUT2D eigenvalue weighted by molar-refractivity contribution is -0.214. The first kappa shape index (κ1) is 10.2. The number of piperidine rings is 1. The van der Waals surface area contributed by atoms with Gasteiger partial charge in [0.2, 0.25) is 0 Å². The number of likely N-dealkylation sites (tertiary alicyclic amines) is 1. The number of alkyl halides is 3. The van der Waals surface area contributed by atoms with Gasteiger partial charge in [-0.25, -0.2) is 0 Å². The summed E-state index contributed by atoms with van der Waals surface area (Å²) in [5.74, 6) is -1.07. The molecule has 5 heteroatoms. The van der Waals surface area contributed by atoms with E-state index in [1.165, 1.54) is 0 Å². The second-order valence-electron chi connectivity index (χ2n) is 4.17. The molecule has 0 atom stereocenters. The van der Waals surface area contributed by atoms with E-state index in [0.717, 1.165) is 25.9 Å². The van der Waals surface area contributed by atoms with Crippen LogP contribution in [0.5, 0.6) is 0 Å². The van der Waals surface area contributed by atoms with Gasteiger partial charge in [0.25, 0.3) is 0 Å². The van der Waals surface area contributed by atoms with E-state index < -0.39 is 12.1 Å². The SMILES string of the molecule is FC(F)(F)C1CN(C2CCNCC2)C1. The summed E-state index contributed by atoms with van der Waals surface area (Å²) in [5.41, 5.74) is 0. The predicted octanol–water partition coefficient (Wildman–Crippen LogP) is 1.23. The fourth-order valence-electron chi connectivity index (χ4n) is 2.19. The van der Waals surface area contributed by atoms with E-state index in [9.17, 15) is 13.2 Å². The van der Waals surface area contributed by atoms with Crippen LogP contribution in [0.1, 0.15) is 12.8 Å². The third-order valence-corrected chi connectivity index (χ3v) is 3.20. The van der Waals surface area contributed by atoms with Crippen molar-refractivity contribution in [2.75, 3.05) is 26.2 Å². The minimum Gasteiger partial charge on any atom is -0.317 e. The predicted molar refractivity (Wildman–Crippen MR) is 47.0 cm³/mol. The van der Waals surface area contributed by atoms with Gasteiger partial charge in [-0.15, -0.1) is 0 Å². The molecular formula is C9H15F3N2. The summed E-state index contributed by atoms with van der Waals surface area (Å²) in [4.78, 5) is 1.97. The van der Waals surface area contributed by atoms with Crippen LogP contribution in [0.2, 0.25) is 0 Å². The molecule has 0 amide bonds. The molecule has 0 aromatic carbocycles. The summed E-state index contributed by atoms with van der Waals surface area (Å²) >= 11 is 0. The van der Waals surface area contributed by atoms with Gasteiger partial charge in [0.15, 0.2) is 0 Å². The summed E-state index contributed by atoms with van der Waals surface area (Å²) in [6, 6.07) is 0.384. The van der Waals surface area contributed by atoms with Gasteiger partial charge in [0, 0.05) is 19.1 Å². The Morgan fingerprint density at radius 1 is 1.07 bits per heavy atom. The van der Waals surface area contributed by atoms with Crippen LogP contribution < -0.4 is 5.32 Å². The molecule has 0 unspecified atom stereocenters. The van der Waals surface area contributed by atoms with Crippen molar-refractivity contribution in [2.45, 2.75) is 25.1 Å². The van der Waals surface area contributed by atoms with E-state index in [-0.39, 0.29) is 13.1 Å². The van der Waals surface area contributed by atoms with E-state index in [4.69, 9.17) is 0 Å². The Morgan fingerprint density at radius 2 is 1.64 bits per heavy atom. The van der Waals surface area contributed by atoms with Gasteiger partial charge in [0.1, 0.15) is 0 Å². The average molecular weight is 208 g/mol. The Bertz CT molecular complexity index is 193. The monoisotopic (exact) mass is 208 g/mol. The molecule has 0 aromatic heterocycles. The fourth-order valence-corrected chi connectivity index (χ4v) is 2.19. The molecule has 0 aliphatic carbocycles. The van der Waals surface area contributed by atoms with Crippen molar-refractivity contribution < 1.29 is 13.2 Å². The Labute approximate surface area is 81.5 Å². The van der Waals surface area contributed by atoms with Crippen molar-refractivity contribution in [3.05, 3.63) is 0 Å². The second-order valence-corrected chi connectivity index (χ2v) is 4.17. The lowest BCUT2D eigenvalue weighted by Gasteiger charge is -2.46. The fraction of sp³-hybridized carbons (Fsp3) is 1.00. The molecule has 0 bridgehead atoms. The summed E-state index contributed by atoms with van der Waals surface area (Å²) < 4.78 is 36.6. The van der Waals surface area contributed by atoms with Gasteiger partial charge in [-0.2, -0.15) is 13.2 Å². The molecule has 0 saturated carbocycles. The van der Waals surface area contributed by atoms with Crippen molar-refractivity contribution in [3.63, 3.8) is 0 Å². The highest BCUT2D eigenvalue weighted by atomic mass is 19.4. The largest absolute Gasteiger partial charge is 0.394 e. The standard InChI is InChI=1S/C9H15F3N2/c10-9(11,12)7-5-14(6-7)8-1-3-13-4-2-8/h7-8,13H,1-6H2. The summed E-state index contributed by atoms with van der Waals surface area (Å²) in [6.45, 7) is 2.32. The molecule has 2 aliphatic rings. The zero-order valence-electron chi connectivity index (χ0n) is 7.98. The van der Waals surface area contributed by atoms with Crippen molar-refractivity contribution >= 4 is 0 Å². The van der Waals surface area contributed by atoms with E-state index >= 15 is 0 Å².